The number of rotatable bonds is 12. The molecular weight excluding hydrogens is 312 g/mol. The molecule has 8 heteroatoms. The smallest absolute Gasteiger partial charge is 0.351 e. The van der Waals surface area contributed by atoms with Gasteiger partial charge in [-0.25, -0.2) is 20.4 Å². The second-order valence-corrected chi connectivity index (χ2v) is 5.12. The third-order valence-corrected chi connectivity index (χ3v) is 3.10. The highest BCUT2D eigenvalue weighted by Crippen LogP contribution is 2.06. The minimum atomic E-state index is -0.543. The van der Waals surface area contributed by atoms with E-state index in [1.807, 2.05) is 0 Å². The summed E-state index contributed by atoms with van der Waals surface area (Å²) in [4.78, 5) is 33.2. The summed E-state index contributed by atoms with van der Waals surface area (Å²) < 4.78 is 0. The molecule has 0 aliphatic heterocycles. The lowest BCUT2D eigenvalue weighted by Gasteiger charge is -2.08. The third kappa shape index (κ3) is 8.02. The number of benzene rings is 1. The molecule has 0 heterocycles. The molecule has 0 aliphatic carbocycles. The second-order valence-electron chi connectivity index (χ2n) is 5.12. The van der Waals surface area contributed by atoms with Gasteiger partial charge in [0.05, 0.1) is 11.1 Å². The maximum Gasteiger partial charge on any atom is 0.357 e. The monoisotopic (exact) mass is 338 g/mol. The van der Waals surface area contributed by atoms with Crippen molar-refractivity contribution in [2.75, 3.05) is 13.1 Å². The van der Waals surface area contributed by atoms with E-state index in [9.17, 15) is 9.59 Å². The van der Waals surface area contributed by atoms with Crippen molar-refractivity contribution in [2.24, 2.45) is 0 Å². The summed E-state index contributed by atoms with van der Waals surface area (Å²) in [6.07, 6.45) is 4.04. The zero-order valence-corrected chi connectivity index (χ0v) is 14.2. The first kappa shape index (κ1) is 20.0. The lowest BCUT2D eigenvalue weighted by Crippen LogP contribution is -2.35. The highest BCUT2D eigenvalue weighted by Gasteiger charge is 2.11. The normalized spacial score (nSPS) is 10.4. The SMILES string of the molecule is CCCCNNOC(=O)c1ccc(C(=O)ONNCCCC)cc1. The third-order valence-electron chi connectivity index (χ3n) is 3.10. The summed E-state index contributed by atoms with van der Waals surface area (Å²) >= 11 is 0. The molecule has 24 heavy (non-hydrogen) atoms. The molecule has 0 radical (unpaired) electrons. The Morgan fingerprint density at radius 3 is 1.50 bits per heavy atom. The standard InChI is InChI=1S/C16H26N4O4/c1-3-5-11-17-19-23-15(21)13-7-9-14(10-8-13)16(22)24-20-18-12-6-4-2/h7-10,17-20H,3-6,11-12H2,1-2H3. The summed E-state index contributed by atoms with van der Waals surface area (Å²) in [6, 6.07) is 5.99. The molecule has 0 spiro atoms. The van der Waals surface area contributed by atoms with Gasteiger partial charge in [-0.2, -0.15) is 0 Å². The Morgan fingerprint density at radius 2 is 1.17 bits per heavy atom. The van der Waals surface area contributed by atoms with Crippen molar-refractivity contribution in [2.45, 2.75) is 39.5 Å². The number of carbonyl (C=O) groups is 2. The molecule has 0 fully saturated rings. The fourth-order valence-electron chi connectivity index (χ4n) is 1.66. The van der Waals surface area contributed by atoms with Gasteiger partial charge in [0, 0.05) is 13.1 Å². The summed E-state index contributed by atoms with van der Waals surface area (Å²) in [5.41, 5.74) is 11.0. The Kier molecular flexibility index (Phi) is 10.4. The molecule has 0 atom stereocenters. The Bertz CT molecular complexity index is 448. The molecule has 134 valence electrons. The van der Waals surface area contributed by atoms with Crippen LogP contribution >= 0.6 is 0 Å². The lowest BCUT2D eigenvalue weighted by molar-refractivity contribution is 0.0118. The molecular formula is C16H26N4O4. The summed E-state index contributed by atoms with van der Waals surface area (Å²) in [6.45, 7) is 5.54. The van der Waals surface area contributed by atoms with E-state index in [0.29, 0.717) is 24.2 Å². The minimum absolute atomic E-state index is 0.324. The van der Waals surface area contributed by atoms with Crippen molar-refractivity contribution in [1.29, 1.82) is 0 Å². The summed E-state index contributed by atoms with van der Waals surface area (Å²) in [5, 5.41) is 0. The maximum atomic E-state index is 11.8. The van der Waals surface area contributed by atoms with Crippen LogP contribution in [0.25, 0.3) is 0 Å². The number of unbranched alkanes of at least 4 members (excludes halogenated alkanes) is 2. The Hall–Kier alpha value is -2.00. The van der Waals surface area contributed by atoms with E-state index in [1.54, 1.807) is 0 Å². The predicted molar refractivity (Wildman–Crippen MR) is 89.4 cm³/mol. The summed E-state index contributed by atoms with van der Waals surface area (Å²) in [7, 11) is 0. The van der Waals surface area contributed by atoms with Crippen molar-refractivity contribution in [3.63, 3.8) is 0 Å². The molecule has 4 N–H and O–H groups in total. The van der Waals surface area contributed by atoms with Gasteiger partial charge >= 0.3 is 11.9 Å². The first-order valence-electron chi connectivity index (χ1n) is 8.17. The van der Waals surface area contributed by atoms with Crippen molar-refractivity contribution in [3.8, 4) is 0 Å². The van der Waals surface area contributed by atoms with E-state index >= 15 is 0 Å². The molecule has 0 saturated carbocycles. The zero-order chi connectivity index (χ0) is 17.6. The number of hydrogen-bond acceptors (Lipinski definition) is 8. The number of carbonyl (C=O) groups excluding carboxylic acids is 2. The number of nitrogens with one attached hydrogen (secondary N) is 4. The van der Waals surface area contributed by atoms with Gasteiger partial charge in [0.25, 0.3) is 0 Å². The summed E-state index contributed by atoms with van der Waals surface area (Å²) in [5.74, 6) is -1.09. The van der Waals surface area contributed by atoms with Gasteiger partial charge in [-0.1, -0.05) is 37.9 Å². The average molecular weight is 338 g/mol. The van der Waals surface area contributed by atoms with E-state index < -0.39 is 11.9 Å². The van der Waals surface area contributed by atoms with E-state index in [0.717, 1.165) is 25.7 Å². The quantitative estimate of drug-likeness (QED) is 0.337. The molecule has 0 bridgehead atoms. The molecule has 8 nitrogen and oxygen atoms in total. The van der Waals surface area contributed by atoms with Gasteiger partial charge in [-0.3, -0.25) is 0 Å². The van der Waals surface area contributed by atoms with Crippen LogP contribution in [-0.2, 0) is 9.68 Å². The van der Waals surface area contributed by atoms with E-state index in [1.165, 1.54) is 24.3 Å². The largest absolute Gasteiger partial charge is 0.357 e. The van der Waals surface area contributed by atoms with Crippen LogP contribution in [0.3, 0.4) is 0 Å². The predicted octanol–water partition coefficient (Wildman–Crippen LogP) is 1.62. The van der Waals surface area contributed by atoms with E-state index in [4.69, 9.17) is 9.68 Å². The fourth-order valence-corrected chi connectivity index (χ4v) is 1.66. The Balaban J connectivity index is 2.33. The molecule has 1 aromatic carbocycles. The average Bonchev–Trinajstić information content (AvgIpc) is 2.61. The molecule has 0 aliphatic rings. The zero-order valence-electron chi connectivity index (χ0n) is 14.2. The Labute approximate surface area is 142 Å². The molecule has 1 aromatic rings. The van der Waals surface area contributed by atoms with Crippen molar-refractivity contribution < 1.29 is 19.3 Å². The van der Waals surface area contributed by atoms with Crippen molar-refractivity contribution in [1.82, 2.24) is 22.0 Å². The molecule has 0 aromatic heterocycles. The molecule has 1 rings (SSSR count). The van der Waals surface area contributed by atoms with Gasteiger partial charge in [0.2, 0.25) is 0 Å². The lowest BCUT2D eigenvalue weighted by atomic mass is 10.1. The fraction of sp³-hybridized carbons (Fsp3) is 0.500. The van der Waals surface area contributed by atoms with Crippen LogP contribution in [0.5, 0.6) is 0 Å². The van der Waals surface area contributed by atoms with Crippen LogP contribution in [0.2, 0.25) is 0 Å². The van der Waals surface area contributed by atoms with Gasteiger partial charge in [-0.05, 0) is 37.1 Å². The number of hydrogen-bond donors (Lipinski definition) is 4. The minimum Gasteiger partial charge on any atom is -0.351 e. The van der Waals surface area contributed by atoms with Crippen LogP contribution in [0.15, 0.2) is 24.3 Å². The Morgan fingerprint density at radius 1 is 0.792 bits per heavy atom. The van der Waals surface area contributed by atoms with E-state index in [-0.39, 0.29) is 0 Å². The van der Waals surface area contributed by atoms with Crippen LogP contribution in [0.1, 0.15) is 60.2 Å². The van der Waals surface area contributed by atoms with Crippen molar-refractivity contribution >= 4 is 11.9 Å². The second kappa shape index (κ2) is 12.4. The van der Waals surface area contributed by atoms with Crippen LogP contribution in [-0.4, -0.2) is 25.0 Å². The van der Waals surface area contributed by atoms with Gasteiger partial charge in [-0.15, -0.1) is 0 Å². The van der Waals surface area contributed by atoms with Gasteiger partial charge in [0.15, 0.2) is 0 Å². The number of hydrazine groups is 2. The van der Waals surface area contributed by atoms with Crippen molar-refractivity contribution in [3.05, 3.63) is 35.4 Å². The highest BCUT2D eigenvalue weighted by atomic mass is 16.7. The van der Waals surface area contributed by atoms with Crippen LogP contribution < -0.4 is 22.0 Å². The highest BCUT2D eigenvalue weighted by molar-refractivity contribution is 5.93. The first-order valence-corrected chi connectivity index (χ1v) is 8.17. The van der Waals surface area contributed by atoms with Gasteiger partial charge in [0.1, 0.15) is 0 Å². The first-order chi connectivity index (χ1) is 11.7. The topological polar surface area (TPSA) is 101 Å². The molecule has 0 amide bonds. The molecule has 0 unspecified atom stereocenters. The maximum absolute atomic E-state index is 11.8. The van der Waals surface area contributed by atoms with E-state index in [2.05, 4.69) is 35.9 Å². The molecule has 0 saturated heterocycles. The van der Waals surface area contributed by atoms with Crippen LogP contribution in [0.4, 0.5) is 0 Å². The van der Waals surface area contributed by atoms with Crippen LogP contribution in [0, 0.1) is 0 Å². The van der Waals surface area contributed by atoms with Gasteiger partial charge < -0.3 is 9.68 Å².